The normalized spacial score (nSPS) is 13.6. The molecular weight excluding hydrogens is 350 g/mol. The number of hydrogen-bond acceptors (Lipinski definition) is 4. The first kappa shape index (κ1) is 18.0. The van der Waals surface area contributed by atoms with E-state index in [9.17, 15) is 13.2 Å². The second kappa shape index (κ2) is 7.18. The summed E-state index contributed by atoms with van der Waals surface area (Å²) in [4.78, 5) is 12.4. The van der Waals surface area contributed by atoms with Gasteiger partial charge in [-0.05, 0) is 54.3 Å². The highest BCUT2D eigenvalue weighted by atomic mass is 32.2. The van der Waals surface area contributed by atoms with Crippen LogP contribution < -0.4 is 9.62 Å². The number of benzene rings is 2. The summed E-state index contributed by atoms with van der Waals surface area (Å²) in [5.41, 5.74) is 3.51. The first-order valence-electron chi connectivity index (χ1n) is 8.26. The molecule has 1 N–H and O–H groups in total. The van der Waals surface area contributed by atoms with Gasteiger partial charge in [0.2, 0.25) is 10.0 Å². The number of sulfonamides is 1. The van der Waals surface area contributed by atoms with Crippen molar-refractivity contribution in [3.8, 4) is 6.07 Å². The fourth-order valence-corrected chi connectivity index (χ4v) is 4.03. The maximum atomic E-state index is 12.4. The van der Waals surface area contributed by atoms with Crippen molar-refractivity contribution >= 4 is 21.6 Å². The van der Waals surface area contributed by atoms with Crippen LogP contribution in [-0.4, -0.2) is 27.1 Å². The zero-order chi connectivity index (χ0) is 18.7. The monoisotopic (exact) mass is 369 g/mol. The number of hydrogen-bond donors (Lipinski definition) is 1. The lowest BCUT2D eigenvalue weighted by molar-refractivity contribution is 0.0951. The summed E-state index contributed by atoms with van der Waals surface area (Å²) in [6, 6.07) is 14.2. The van der Waals surface area contributed by atoms with Gasteiger partial charge in [0.05, 0.1) is 23.6 Å². The van der Waals surface area contributed by atoms with Gasteiger partial charge in [0.15, 0.2) is 0 Å². The largest absolute Gasteiger partial charge is 0.348 e. The molecule has 0 atom stereocenters. The summed E-state index contributed by atoms with van der Waals surface area (Å²) in [6.07, 6.45) is 2.68. The van der Waals surface area contributed by atoms with E-state index < -0.39 is 10.0 Å². The Morgan fingerprint density at radius 1 is 1.23 bits per heavy atom. The molecule has 1 aliphatic heterocycles. The van der Waals surface area contributed by atoms with Gasteiger partial charge in [-0.25, -0.2) is 8.42 Å². The molecule has 0 radical (unpaired) electrons. The number of rotatable bonds is 4. The van der Waals surface area contributed by atoms with Crippen LogP contribution in [-0.2, 0) is 23.0 Å². The lowest BCUT2D eigenvalue weighted by Crippen LogP contribution is -2.34. The SMILES string of the molecule is CS(=O)(=O)N1CCCc2cc(C(=O)NCc3ccc(C#N)cc3)ccc21. The first-order valence-corrected chi connectivity index (χ1v) is 10.1. The Morgan fingerprint density at radius 2 is 1.96 bits per heavy atom. The third-order valence-electron chi connectivity index (χ3n) is 4.35. The molecule has 2 aromatic carbocycles. The highest BCUT2D eigenvalue weighted by Crippen LogP contribution is 2.29. The Bertz CT molecular complexity index is 976. The van der Waals surface area contributed by atoms with E-state index in [1.54, 1.807) is 42.5 Å². The van der Waals surface area contributed by atoms with Crippen LogP contribution in [0.25, 0.3) is 0 Å². The Labute approximate surface area is 153 Å². The number of amides is 1. The average Bonchev–Trinajstić information content (AvgIpc) is 2.64. The van der Waals surface area contributed by atoms with Gasteiger partial charge in [-0.3, -0.25) is 9.10 Å². The zero-order valence-corrected chi connectivity index (χ0v) is 15.2. The highest BCUT2D eigenvalue weighted by molar-refractivity contribution is 7.92. The van der Waals surface area contributed by atoms with E-state index in [0.29, 0.717) is 29.9 Å². The van der Waals surface area contributed by atoms with E-state index in [-0.39, 0.29) is 5.91 Å². The number of nitrogens with zero attached hydrogens (tertiary/aromatic N) is 2. The Morgan fingerprint density at radius 3 is 2.62 bits per heavy atom. The molecule has 1 aliphatic rings. The molecule has 2 aromatic rings. The molecule has 0 spiro atoms. The molecule has 134 valence electrons. The van der Waals surface area contributed by atoms with Gasteiger partial charge in [-0.1, -0.05) is 12.1 Å². The molecule has 6 nitrogen and oxygen atoms in total. The maximum absolute atomic E-state index is 12.4. The summed E-state index contributed by atoms with van der Waals surface area (Å²) >= 11 is 0. The minimum atomic E-state index is -3.31. The molecule has 1 amide bonds. The number of nitriles is 1. The van der Waals surface area contributed by atoms with Crippen molar-refractivity contribution in [2.24, 2.45) is 0 Å². The van der Waals surface area contributed by atoms with Crippen LogP contribution in [0.4, 0.5) is 5.69 Å². The van der Waals surface area contributed by atoms with Crippen molar-refractivity contribution in [3.63, 3.8) is 0 Å². The smallest absolute Gasteiger partial charge is 0.251 e. The molecule has 0 aromatic heterocycles. The van der Waals surface area contributed by atoms with E-state index in [0.717, 1.165) is 24.0 Å². The van der Waals surface area contributed by atoms with Gasteiger partial charge in [0.1, 0.15) is 0 Å². The van der Waals surface area contributed by atoms with Crippen LogP contribution in [0.15, 0.2) is 42.5 Å². The Balaban J connectivity index is 1.73. The Kier molecular flexibility index (Phi) is 4.96. The third-order valence-corrected chi connectivity index (χ3v) is 5.53. The number of nitrogens with one attached hydrogen (secondary N) is 1. The second-order valence-corrected chi connectivity index (χ2v) is 8.18. The van der Waals surface area contributed by atoms with Gasteiger partial charge in [0, 0.05) is 18.7 Å². The molecule has 0 aliphatic carbocycles. The van der Waals surface area contributed by atoms with Crippen molar-refractivity contribution in [1.29, 1.82) is 5.26 Å². The number of carbonyl (C=O) groups excluding carboxylic acids is 1. The van der Waals surface area contributed by atoms with E-state index in [4.69, 9.17) is 5.26 Å². The summed E-state index contributed by atoms with van der Waals surface area (Å²) < 4.78 is 25.2. The predicted octanol–water partition coefficient (Wildman–Crippen LogP) is 2.20. The minimum Gasteiger partial charge on any atom is -0.348 e. The van der Waals surface area contributed by atoms with Gasteiger partial charge in [0.25, 0.3) is 5.91 Å². The van der Waals surface area contributed by atoms with Crippen LogP contribution in [0.5, 0.6) is 0 Å². The number of aryl methyl sites for hydroxylation is 1. The summed E-state index contributed by atoms with van der Waals surface area (Å²) in [6.45, 7) is 0.827. The fraction of sp³-hybridized carbons (Fsp3) is 0.263. The standard InChI is InChI=1S/C19H19N3O3S/c1-26(24,25)22-10-2-3-16-11-17(8-9-18(16)22)19(23)21-13-15-6-4-14(12-20)5-7-15/h4-9,11H,2-3,10,13H2,1H3,(H,21,23). The fourth-order valence-electron chi connectivity index (χ4n) is 3.03. The zero-order valence-electron chi connectivity index (χ0n) is 14.4. The Hall–Kier alpha value is -2.85. The van der Waals surface area contributed by atoms with Gasteiger partial charge < -0.3 is 5.32 Å². The molecule has 1 heterocycles. The molecule has 0 bridgehead atoms. The molecule has 0 saturated carbocycles. The lowest BCUT2D eigenvalue weighted by atomic mass is 10.0. The molecule has 7 heteroatoms. The summed E-state index contributed by atoms with van der Waals surface area (Å²) in [5.74, 6) is -0.214. The van der Waals surface area contributed by atoms with Crippen molar-refractivity contribution in [2.45, 2.75) is 19.4 Å². The van der Waals surface area contributed by atoms with Gasteiger partial charge >= 0.3 is 0 Å². The van der Waals surface area contributed by atoms with Crippen molar-refractivity contribution in [1.82, 2.24) is 5.32 Å². The predicted molar refractivity (Wildman–Crippen MR) is 99.3 cm³/mol. The van der Waals surface area contributed by atoms with Crippen LogP contribution in [0.1, 0.15) is 33.5 Å². The van der Waals surface area contributed by atoms with Crippen LogP contribution in [0.2, 0.25) is 0 Å². The van der Waals surface area contributed by atoms with E-state index in [1.165, 1.54) is 10.6 Å². The molecule has 0 saturated heterocycles. The highest BCUT2D eigenvalue weighted by Gasteiger charge is 2.24. The van der Waals surface area contributed by atoms with Crippen LogP contribution in [0, 0.1) is 11.3 Å². The minimum absolute atomic E-state index is 0.214. The lowest BCUT2D eigenvalue weighted by Gasteiger charge is -2.29. The van der Waals surface area contributed by atoms with Crippen LogP contribution in [0.3, 0.4) is 0 Å². The first-order chi connectivity index (χ1) is 12.4. The van der Waals surface area contributed by atoms with E-state index >= 15 is 0 Å². The van der Waals surface area contributed by atoms with Crippen molar-refractivity contribution in [3.05, 3.63) is 64.7 Å². The van der Waals surface area contributed by atoms with Crippen molar-refractivity contribution < 1.29 is 13.2 Å². The quantitative estimate of drug-likeness (QED) is 0.894. The third kappa shape index (κ3) is 3.86. The second-order valence-electron chi connectivity index (χ2n) is 6.27. The number of anilines is 1. The molecule has 0 unspecified atom stereocenters. The molecule has 0 fully saturated rings. The van der Waals surface area contributed by atoms with Gasteiger partial charge in [-0.2, -0.15) is 5.26 Å². The van der Waals surface area contributed by atoms with Crippen molar-refractivity contribution in [2.75, 3.05) is 17.1 Å². The number of carbonyl (C=O) groups is 1. The molecular formula is C19H19N3O3S. The van der Waals surface area contributed by atoms with Gasteiger partial charge in [-0.15, -0.1) is 0 Å². The molecule has 3 rings (SSSR count). The van der Waals surface area contributed by atoms with E-state index in [1.807, 2.05) is 0 Å². The summed E-state index contributed by atoms with van der Waals surface area (Å²) in [5, 5.41) is 11.6. The maximum Gasteiger partial charge on any atom is 0.251 e. The topological polar surface area (TPSA) is 90.3 Å². The van der Waals surface area contributed by atoms with Crippen LogP contribution >= 0.6 is 0 Å². The number of fused-ring (bicyclic) bond motifs is 1. The molecule has 26 heavy (non-hydrogen) atoms. The summed E-state index contributed by atoms with van der Waals surface area (Å²) in [7, 11) is -3.31. The van der Waals surface area contributed by atoms with E-state index in [2.05, 4.69) is 11.4 Å². The average molecular weight is 369 g/mol.